The van der Waals surface area contributed by atoms with Crippen molar-refractivity contribution in [2.75, 3.05) is 65.8 Å². The van der Waals surface area contributed by atoms with E-state index in [-0.39, 0.29) is 171 Å². The van der Waals surface area contributed by atoms with Crippen LogP contribution in [-0.4, -0.2) is 191 Å². The number of ether oxygens (including phenoxy) is 5. The summed E-state index contributed by atoms with van der Waals surface area (Å²) in [7, 11) is -0.929. The molecule has 3 fully saturated rings. The third kappa shape index (κ3) is 39.1. The predicted octanol–water partition coefficient (Wildman–Crippen LogP) is 8.86. The van der Waals surface area contributed by atoms with Crippen molar-refractivity contribution in [2.24, 2.45) is 0 Å². The van der Waals surface area contributed by atoms with Crippen LogP contribution in [0.25, 0.3) is 22.3 Å². The van der Waals surface area contributed by atoms with Crippen molar-refractivity contribution < 1.29 is 98.5 Å². The van der Waals surface area contributed by atoms with Crippen LogP contribution in [0.1, 0.15) is 154 Å². The van der Waals surface area contributed by atoms with Crippen molar-refractivity contribution in [1.82, 2.24) is 44.5 Å². The van der Waals surface area contributed by atoms with Crippen LogP contribution in [0.4, 0.5) is 26.3 Å². The summed E-state index contributed by atoms with van der Waals surface area (Å²) in [5, 5.41) is 14.8. The summed E-state index contributed by atoms with van der Waals surface area (Å²) in [4.78, 5) is 40.4. The maximum Gasteiger partial charge on any atom is 2.00 e. The average molecular weight is 2060 g/mol. The van der Waals surface area contributed by atoms with Crippen LogP contribution in [-0.2, 0) is 38.4 Å². The van der Waals surface area contributed by atoms with E-state index in [4.69, 9.17) is 87.1 Å². The number of carbonyl (C=O) groups excluding carboxylic acids is 3. The first-order valence-corrected chi connectivity index (χ1v) is 41.4. The van der Waals surface area contributed by atoms with Gasteiger partial charge in [-0.25, -0.2) is 50.0 Å². The van der Waals surface area contributed by atoms with Crippen molar-refractivity contribution in [3.63, 3.8) is 0 Å². The average Bonchev–Trinajstić information content (AvgIpc) is 1.61. The minimum Gasteiger partial charge on any atom is -1.00 e. The van der Waals surface area contributed by atoms with E-state index in [0.29, 0.717) is 87.3 Å². The molecule has 1 amide bonds. The van der Waals surface area contributed by atoms with Gasteiger partial charge in [0, 0.05) is 80.7 Å². The van der Waals surface area contributed by atoms with Gasteiger partial charge >= 0.3 is 56.8 Å². The Morgan fingerprint density at radius 1 is 0.493 bits per heavy atom. The molecule has 3 aromatic carbocycles. The third-order valence-corrected chi connectivity index (χ3v) is 19.3. The Balaban J connectivity index is 0. The first kappa shape index (κ1) is 125. The number of nitrogens with one attached hydrogen (secondary N) is 1. The van der Waals surface area contributed by atoms with Gasteiger partial charge in [0.1, 0.15) is 4.47 Å². The Morgan fingerprint density at radius 3 is 1.10 bits per heavy atom. The number of benzene rings is 3. The second-order valence-corrected chi connectivity index (χ2v) is 29.4. The molecule has 6 aliphatic rings. The number of carbonyl (C=O) groups is 3. The fraction of sp³-hybridized carbons (Fsp3) is 0.354. The van der Waals surface area contributed by atoms with Crippen molar-refractivity contribution in [2.45, 2.75) is 166 Å². The molecule has 3 aromatic heterocycles. The van der Waals surface area contributed by atoms with Gasteiger partial charge in [0.25, 0.3) is 5.91 Å². The number of hydrogen-bond donors (Lipinski definition) is 1. The van der Waals surface area contributed by atoms with Gasteiger partial charge < -0.3 is 68.0 Å². The number of esters is 2. The Kier molecular flexibility index (Phi) is 62.8. The van der Waals surface area contributed by atoms with Crippen LogP contribution < -0.4 is 49.8 Å². The summed E-state index contributed by atoms with van der Waals surface area (Å²) >= 11 is 20.0. The molecule has 12 rings (SSSR count). The zero-order valence-electron chi connectivity index (χ0n) is 74.7. The number of amides is 1. The minimum absolute atomic E-state index is 0. The molecule has 9 heterocycles. The Bertz CT molecular complexity index is 6110. The van der Waals surface area contributed by atoms with E-state index in [2.05, 4.69) is 260 Å². The number of terminal acetylenes is 3. The minimum atomic E-state index is -1.19. The number of likely N-dealkylation sites (tertiary alicyclic amines) is 1. The second-order valence-electron chi connectivity index (χ2n) is 27.4. The first-order valence-electron chi connectivity index (χ1n) is 39.4. The fourth-order valence-corrected chi connectivity index (χ4v) is 11.9. The number of aryl methyl sites for hydroxylation is 3. The van der Waals surface area contributed by atoms with E-state index in [1.165, 1.54) is 65.3 Å². The maximum absolute atomic E-state index is 14.5. The summed E-state index contributed by atoms with van der Waals surface area (Å²) in [6.07, 6.45) is 19.3. The molecule has 0 saturated carbocycles. The van der Waals surface area contributed by atoms with Crippen molar-refractivity contribution in [3.8, 4) is 243 Å². The molecule has 0 bridgehead atoms. The first-order chi connectivity index (χ1) is 61.4. The SMILES string of the molecule is C.C#CC#CC#CC#CC#CC#CC#CC#CC.C#CC#CC#CC#CC#CC#CC#CC#CC#C.C1CNC1.CC1(C)OB(c2ccc(Cl)c(F)c2F)OC1(C)C.CCN(C(C)C)C(C)C.CCOC(=O)c1nn2c(c1-c1ccc(Cl)c(F)c1F)OCCC2.CCOC(=O)c1nn2c(c1Br)OCCC2.Cl.O=C(c1nn2c(c1-c1ccc(Cl)c(F)c1F)OCCC2)N1CCC1.P.[Ca+2].[Cl-].[Cl-]. The number of fused-ring (bicyclic) bond motifs is 3. The second kappa shape index (κ2) is 67.2. The van der Waals surface area contributed by atoms with Gasteiger partial charge in [0.15, 0.2) is 52.0 Å². The van der Waals surface area contributed by atoms with Crippen LogP contribution in [0.15, 0.2) is 40.9 Å². The maximum atomic E-state index is 14.5. The quantitative estimate of drug-likeness (QED) is 0.0323. The Morgan fingerprint density at radius 2 is 0.799 bits per heavy atom. The fourth-order valence-electron chi connectivity index (χ4n) is 10.9. The van der Waals surface area contributed by atoms with E-state index in [0.717, 1.165) is 32.4 Å². The Hall–Kier alpha value is -11.0. The summed E-state index contributed by atoms with van der Waals surface area (Å²) in [6, 6.07) is 9.17. The van der Waals surface area contributed by atoms with Gasteiger partial charge in [-0.05, 0) is 333 Å². The van der Waals surface area contributed by atoms with Crippen molar-refractivity contribution in [3.05, 3.63) is 108 Å². The molecule has 1 atom stereocenters. The monoisotopic (exact) mass is 2050 g/mol. The van der Waals surface area contributed by atoms with Gasteiger partial charge in [-0.2, -0.15) is 25.2 Å². The molecule has 3 saturated heterocycles. The molecule has 1 N–H and O–H groups in total. The normalized spacial score (nSPS) is 12.2. The number of rotatable bonds is 11. The molecule has 19 nitrogen and oxygen atoms in total. The van der Waals surface area contributed by atoms with E-state index in [9.17, 15) is 40.7 Å². The van der Waals surface area contributed by atoms with Gasteiger partial charge in [-0.3, -0.25) is 9.69 Å². The van der Waals surface area contributed by atoms with E-state index >= 15 is 0 Å². The molecule has 6 aliphatic heterocycles. The largest absolute Gasteiger partial charge is 2.00 e. The summed E-state index contributed by atoms with van der Waals surface area (Å²) in [6.45, 7) is 32.4. The van der Waals surface area contributed by atoms with Gasteiger partial charge in [-0.1, -0.05) is 61.1 Å². The van der Waals surface area contributed by atoms with Crippen LogP contribution in [0.2, 0.25) is 15.1 Å². The number of halogens is 13. The van der Waals surface area contributed by atoms with E-state index < -0.39 is 65.2 Å². The standard InChI is InChI=1S/C18H2.C17H4.C16H14ClF2N3O2.C15H13ClF2N2O3.C12H14BClF2O2.C9H11BrN2O3.C8H19N.C3H7N.CH4.Ca.3ClH.H3P/c1-3-5-7-9-11-13-15-17-18-16-14-12-10-8-6-4-2;1-3-5-7-9-11-13-15-17-16-14-12-10-8-6-4-2;17-10-4-3-9(12(18)13(10)19)11-14(15(23)21-5-1-6-21)20-22-7-2-8-24-16(11)22;1-2-22-15(21)13-10(14-20(19-13)6-3-7-23-14)8-4-5-9(16)12(18)11(8)17;1-11(2)12(3,4)18-13(17-11)7-5-6-8(14)10(16)9(7)15;1-2-14-9(13)7-6(10)8-12(11-7)4-3-5-15-8;1-6-9(7(2)3)8(4)5;1-2-4-3-1;;;;;;/h1-2H;1H,2H3;3-4H,1-2,5-8H2;4-5H,2-3,6-7H2,1H3;5-6H,1-4H3;2-5H2,1H3;7-8H,6H2,1-5H3;4H,1-3H2;1H4;;3*1H;1H3/q;;;;;;;;;+2;;;;/p-2. The van der Waals surface area contributed by atoms with Crippen LogP contribution >= 0.6 is 73.0 Å². The molecule has 35 heteroatoms. The van der Waals surface area contributed by atoms with Crippen LogP contribution in [0.5, 0.6) is 17.6 Å². The summed E-state index contributed by atoms with van der Waals surface area (Å²) in [5.74, 6) is 68.1. The molecular weight excluding hydrogens is 1960 g/mol. The zero-order valence-corrected chi connectivity index (χ0v) is 84.5. The van der Waals surface area contributed by atoms with Gasteiger partial charge in [0.2, 0.25) is 17.6 Å². The molecule has 1 unspecified atom stereocenters. The van der Waals surface area contributed by atoms with Crippen LogP contribution in [0, 0.1) is 238 Å². The smallest absolute Gasteiger partial charge is 1.00 e. The molecule has 6 aromatic rings. The molecule has 0 spiro atoms. The summed E-state index contributed by atoms with van der Waals surface area (Å²) in [5.41, 5.74) is -0.834. The third-order valence-electron chi connectivity index (χ3n) is 17.7. The van der Waals surface area contributed by atoms with Crippen LogP contribution in [0.3, 0.4) is 0 Å². The van der Waals surface area contributed by atoms with E-state index in [1.54, 1.807) is 30.4 Å². The van der Waals surface area contributed by atoms with Gasteiger partial charge in [0.05, 0.1) is 70.4 Å². The molecular formula is C99H92BBrCaCl6F6N9O10P. The topological polar surface area (TPSA) is 188 Å². The van der Waals surface area contributed by atoms with Crippen molar-refractivity contribution >= 4 is 141 Å². The number of nitrogens with zero attached hydrogens (tertiary/aromatic N) is 8. The summed E-state index contributed by atoms with van der Waals surface area (Å²) < 4.78 is 127. The number of hydrogen-bond acceptors (Lipinski definition) is 15. The molecule has 0 radical (unpaired) electrons. The van der Waals surface area contributed by atoms with Gasteiger partial charge in [-0.15, -0.1) is 31.7 Å². The predicted molar refractivity (Wildman–Crippen MR) is 517 cm³/mol. The van der Waals surface area contributed by atoms with E-state index in [1.807, 2.05) is 27.7 Å². The molecule has 694 valence electrons. The molecule has 134 heavy (non-hydrogen) atoms. The zero-order chi connectivity index (χ0) is 94.1. The number of aromatic nitrogens is 6. The molecule has 0 aliphatic carbocycles. The van der Waals surface area contributed by atoms with Crippen molar-refractivity contribution in [1.29, 1.82) is 0 Å². The Labute approximate surface area is 858 Å².